The molecule has 6 heteroatoms. The fourth-order valence-corrected chi connectivity index (χ4v) is 1.99. The summed E-state index contributed by atoms with van der Waals surface area (Å²) in [6, 6.07) is 7.52. The zero-order chi connectivity index (χ0) is 12.5. The molecule has 0 radical (unpaired) electrons. The van der Waals surface area contributed by atoms with Gasteiger partial charge in [-0.15, -0.1) is 0 Å². The van der Waals surface area contributed by atoms with Gasteiger partial charge < -0.3 is 0 Å². The van der Waals surface area contributed by atoms with Crippen LogP contribution >= 0.6 is 22.6 Å². The molecule has 17 heavy (non-hydrogen) atoms. The molecule has 1 aromatic carbocycles. The van der Waals surface area contributed by atoms with Crippen LogP contribution in [0.15, 0.2) is 36.7 Å². The molecule has 0 amide bonds. The Morgan fingerprint density at radius 1 is 1.24 bits per heavy atom. The van der Waals surface area contributed by atoms with Crippen molar-refractivity contribution in [3.8, 4) is 11.1 Å². The van der Waals surface area contributed by atoms with Gasteiger partial charge in [-0.3, -0.25) is 4.68 Å². The number of rotatable bonds is 2. The molecule has 0 spiro atoms. The maximum Gasteiger partial charge on any atom is 0.408 e. The highest BCUT2D eigenvalue weighted by molar-refractivity contribution is 14.1. The van der Waals surface area contributed by atoms with Gasteiger partial charge in [0.2, 0.25) is 0 Å². The number of halogens is 4. The molecule has 0 N–H and O–H groups in total. The molecule has 0 aliphatic carbocycles. The molecule has 0 saturated heterocycles. The van der Waals surface area contributed by atoms with Crippen LogP contribution in [0.2, 0.25) is 0 Å². The van der Waals surface area contributed by atoms with E-state index in [0.29, 0.717) is 5.56 Å². The lowest BCUT2D eigenvalue weighted by molar-refractivity contribution is -0.142. The standard InChI is InChI=1S/C11H8F3IN2/c12-11(13,14)7-17-6-9(5-16-17)8-2-1-3-10(15)4-8/h1-6H,7H2. The van der Waals surface area contributed by atoms with E-state index in [4.69, 9.17) is 0 Å². The van der Waals surface area contributed by atoms with Crippen LogP contribution in [-0.4, -0.2) is 16.0 Å². The van der Waals surface area contributed by atoms with Gasteiger partial charge in [-0.05, 0) is 40.3 Å². The Balaban J connectivity index is 2.24. The topological polar surface area (TPSA) is 17.8 Å². The van der Waals surface area contributed by atoms with E-state index in [-0.39, 0.29) is 0 Å². The van der Waals surface area contributed by atoms with Crippen molar-refractivity contribution in [1.82, 2.24) is 9.78 Å². The van der Waals surface area contributed by atoms with E-state index in [1.807, 2.05) is 24.3 Å². The van der Waals surface area contributed by atoms with Crippen LogP contribution in [0.25, 0.3) is 11.1 Å². The van der Waals surface area contributed by atoms with Crippen molar-refractivity contribution in [3.63, 3.8) is 0 Å². The molecule has 1 heterocycles. The first-order valence-corrected chi connectivity index (χ1v) is 5.87. The van der Waals surface area contributed by atoms with E-state index in [2.05, 4.69) is 27.7 Å². The van der Waals surface area contributed by atoms with Gasteiger partial charge in [0.25, 0.3) is 0 Å². The quantitative estimate of drug-likeness (QED) is 0.754. The average Bonchev–Trinajstić information content (AvgIpc) is 2.63. The van der Waals surface area contributed by atoms with Crippen molar-refractivity contribution in [2.45, 2.75) is 12.7 Å². The Morgan fingerprint density at radius 2 is 2.00 bits per heavy atom. The van der Waals surface area contributed by atoms with E-state index < -0.39 is 12.7 Å². The van der Waals surface area contributed by atoms with Gasteiger partial charge in [0.1, 0.15) is 6.54 Å². The minimum Gasteiger partial charge on any atom is -0.263 e. The normalized spacial score (nSPS) is 11.8. The fraction of sp³-hybridized carbons (Fsp3) is 0.182. The van der Waals surface area contributed by atoms with Gasteiger partial charge in [-0.1, -0.05) is 12.1 Å². The van der Waals surface area contributed by atoms with E-state index in [0.717, 1.165) is 13.8 Å². The highest BCUT2D eigenvalue weighted by atomic mass is 127. The first-order valence-electron chi connectivity index (χ1n) is 4.79. The summed E-state index contributed by atoms with van der Waals surface area (Å²) < 4.78 is 38.4. The van der Waals surface area contributed by atoms with Crippen molar-refractivity contribution in [2.75, 3.05) is 0 Å². The lowest BCUT2D eigenvalue weighted by Gasteiger charge is -2.05. The molecule has 2 aromatic rings. The van der Waals surface area contributed by atoms with E-state index >= 15 is 0 Å². The molecule has 2 nitrogen and oxygen atoms in total. The van der Waals surface area contributed by atoms with E-state index in [1.54, 1.807) is 0 Å². The van der Waals surface area contributed by atoms with Crippen molar-refractivity contribution in [1.29, 1.82) is 0 Å². The Kier molecular flexibility index (Phi) is 3.41. The zero-order valence-electron chi connectivity index (χ0n) is 8.58. The van der Waals surface area contributed by atoms with Gasteiger partial charge in [0, 0.05) is 15.3 Å². The third-order valence-electron chi connectivity index (χ3n) is 2.13. The molecule has 0 fully saturated rings. The summed E-state index contributed by atoms with van der Waals surface area (Å²) in [5, 5.41) is 3.70. The number of aromatic nitrogens is 2. The molecule has 1 aromatic heterocycles. The molecule has 0 bridgehead atoms. The molecule has 2 rings (SSSR count). The number of alkyl halides is 3. The van der Waals surface area contributed by atoms with Crippen molar-refractivity contribution < 1.29 is 13.2 Å². The second-order valence-electron chi connectivity index (χ2n) is 3.55. The predicted molar refractivity (Wildman–Crippen MR) is 66.4 cm³/mol. The van der Waals surface area contributed by atoms with Gasteiger partial charge >= 0.3 is 6.18 Å². The summed E-state index contributed by atoms with van der Waals surface area (Å²) in [5.74, 6) is 0. The molecule has 0 aliphatic heterocycles. The van der Waals surface area contributed by atoms with Gasteiger partial charge in [0.15, 0.2) is 0 Å². The van der Waals surface area contributed by atoms with Crippen molar-refractivity contribution >= 4 is 22.6 Å². The van der Waals surface area contributed by atoms with Crippen molar-refractivity contribution in [3.05, 3.63) is 40.2 Å². The van der Waals surface area contributed by atoms with Crippen LogP contribution in [0.3, 0.4) is 0 Å². The summed E-state index contributed by atoms with van der Waals surface area (Å²) in [6.45, 7) is -1.06. The molecule has 0 saturated carbocycles. The van der Waals surface area contributed by atoms with Gasteiger partial charge in [0.05, 0.1) is 6.20 Å². The molecular weight excluding hydrogens is 344 g/mol. The van der Waals surface area contributed by atoms with Gasteiger partial charge in [-0.2, -0.15) is 18.3 Å². The van der Waals surface area contributed by atoms with Gasteiger partial charge in [-0.25, -0.2) is 0 Å². The number of hydrogen-bond donors (Lipinski definition) is 0. The number of benzene rings is 1. The average molecular weight is 352 g/mol. The highest BCUT2D eigenvalue weighted by Gasteiger charge is 2.28. The monoisotopic (exact) mass is 352 g/mol. The highest BCUT2D eigenvalue weighted by Crippen LogP contribution is 2.22. The maximum absolute atomic E-state index is 12.2. The summed E-state index contributed by atoms with van der Waals surface area (Å²) in [6.07, 6.45) is -1.40. The summed E-state index contributed by atoms with van der Waals surface area (Å²) in [4.78, 5) is 0. The van der Waals surface area contributed by atoms with Crippen LogP contribution in [-0.2, 0) is 6.54 Å². The summed E-state index contributed by atoms with van der Waals surface area (Å²) in [5.41, 5.74) is 1.55. The Labute approximate surface area is 110 Å². The van der Waals surface area contributed by atoms with Crippen molar-refractivity contribution in [2.24, 2.45) is 0 Å². The molecule has 0 unspecified atom stereocenters. The Hall–Kier alpha value is -1.05. The number of hydrogen-bond acceptors (Lipinski definition) is 1. The molecule has 0 atom stereocenters. The van der Waals surface area contributed by atoms with Crippen LogP contribution < -0.4 is 0 Å². The molecule has 90 valence electrons. The smallest absolute Gasteiger partial charge is 0.263 e. The second kappa shape index (κ2) is 4.67. The third kappa shape index (κ3) is 3.45. The van der Waals surface area contributed by atoms with E-state index in [9.17, 15) is 13.2 Å². The number of nitrogens with zero attached hydrogens (tertiary/aromatic N) is 2. The van der Waals surface area contributed by atoms with Crippen LogP contribution in [0.1, 0.15) is 0 Å². The third-order valence-corrected chi connectivity index (χ3v) is 2.80. The largest absolute Gasteiger partial charge is 0.408 e. The lowest BCUT2D eigenvalue weighted by atomic mass is 10.1. The fourth-order valence-electron chi connectivity index (χ4n) is 1.45. The Morgan fingerprint density at radius 3 is 2.65 bits per heavy atom. The second-order valence-corrected chi connectivity index (χ2v) is 4.80. The maximum atomic E-state index is 12.2. The SMILES string of the molecule is FC(F)(F)Cn1cc(-c2cccc(I)c2)cn1. The first-order chi connectivity index (χ1) is 7.94. The minimum atomic E-state index is -4.24. The van der Waals surface area contributed by atoms with Crippen LogP contribution in [0.5, 0.6) is 0 Å². The summed E-state index contributed by atoms with van der Waals surface area (Å²) >= 11 is 2.15. The Bertz CT molecular complexity index is 519. The molecular formula is C11H8F3IN2. The van der Waals surface area contributed by atoms with Crippen LogP contribution in [0, 0.1) is 3.57 Å². The summed E-state index contributed by atoms with van der Waals surface area (Å²) in [7, 11) is 0. The predicted octanol–water partition coefficient (Wildman–Crippen LogP) is 3.72. The zero-order valence-corrected chi connectivity index (χ0v) is 10.7. The lowest BCUT2D eigenvalue weighted by Crippen LogP contribution is -2.17. The van der Waals surface area contributed by atoms with E-state index in [1.165, 1.54) is 12.4 Å². The first kappa shape index (κ1) is 12.4. The minimum absolute atomic E-state index is 0.688. The molecule has 0 aliphatic rings. The van der Waals surface area contributed by atoms with Crippen LogP contribution in [0.4, 0.5) is 13.2 Å².